The Morgan fingerprint density at radius 1 is 1.33 bits per heavy atom. The van der Waals surface area contributed by atoms with E-state index in [9.17, 15) is 9.18 Å². The summed E-state index contributed by atoms with van der Waals surface area (Å²) in [7, 11) is 0. The summed E-state index contributed by atoms with van der Waals surface area (Å²) in [5, 5.41) is 0. The van der Waals surface area contributed by atoms with Crippen molar-refractivity contribution in [1.29, 1.82) is 0 Å². The van der Waals surface area contributed by atoms with Gasteiger partial charge in [0.15, 0.2) is 0 Å². The van der Waals surface area contributed by atoms with E-state index in [0.29, 0.717) is 12.5 Å². The summed E-state index contributed by atoms with van der Waals surface area (Å²) >= 11 is 0. The Morgan fingerprint density at radius 2 is 2.10 bits per heavy atom. The smallest absolute Gasteiger partial charge is 0.231 e. The summed E-state index contributed by atoms with van der Waals surface area (Å²) in [4.78, 5) is 14.7. The molecule has 5 heteroatoms. The molecule has 1 saturated heterocycles. The van der Waals surface area contributed by atoms with Crippen LogP contribution < -0.4 is 15.8 Å². The molecule has 1 aliphatic carbocycles. The maximum atomic E-state index is 13.1. The van der Waals surface area contributed by atoms with E-state index >= 15 is 0 Å². The Morgan fingerprint density at radius 3 is 2.81 bits per heavy atom. The molecule has 1 aliphatic heterocycles. The summed E-state index contributed by atoms with van der Waals surface area (Å²) in [6.45, 7) is 3.50. The van der Waals surface area contributed by atoms with Gasteiger partial charge in [-0.15, -0.1) is 0 Å². The van der Waals surface area contributed by atoms with Crippen molar-refractivity contribution in [3.63, 3.8) is 0 Å². The molecule has 1 aromatic rings. The van der Waals surface area contributed by atoms with Gasteiger partial charge in [0.2, 0.25) is 5.91 Å². The largest absolute Gasteiger partial charge is 0.312 e. The highest BCUT2D eigenvalue weighted by molar-refractivity contribution is 5.95. The van der Waals surface area contributed by atoms with E-state index in [1.165, 1.54) is 18.6 Å². The average Bonchev–Trinajstić information content (AvgIpc) is 2.98. The Labute approximate surface area is 124 Å². The number of halogens is 1. The van der Waals surface area contributed by atoms with Crippen LogP contribution in [0.1, 0.15) is 26.2 Å². The second-order valence-corrected chi connectivity index (χ2v) is 5.91. The maximum absolute atomic E-state index is 13.1. The lowest BCUT2D eigenvalue weighted by atomic mass is 9.77. The quantitative estimate of drug-likeness (QED) is 0.896. The molecular weight excluding hydrogens is 269 g/mol. The molecule has 1 saturated carbocycles. The van der Waals surface area contributed by atoms with E-state index in [4.69, 9.17) is 0 Å². The van der Waals surface area contributed by atoms with Crippen LogP contribution in [0.5, 0.6) is 0 Å². The Balaban J connectivity index is 1.79. The Hall–Kier alpha value is -1.46. The molecule has 0 bridgehead atoms. The average molecular weight is 291 g/mol. The van der Waals surface area contributed by atoms with Crippen molar-refractivity contribution in [3.8, 4) is 0 Å². The van der Waals surface area contributed by atoms with E-state index in [1.807, 2.05) is 6.92 Å². The maximum Gasteiger partial charge on any atom is 0.231 e. The highest BCUT2D eigenvalue weighted by atomic mass is 19.1. The van der Waals surface area contributed by atoms with Gasteiger partial charge in [0.1, 0.15) is 5.82 Å². The molecule has 0 spiro atoms. The number of nitrogens with one attached hydrogen (secondary N) is 2. The summed E-state index contributed by atoms with van der Waals surface area (Å²) < 4.78 is 13.1. The molecule has 0 radical (unpaired) electrons. The van der Waals surface area contributed by atoms with Crippen LogP contribution in [0.2, 0.25) is 0 Å². The molecule has 0 aromatic heterocycles. The van der Waals surface area contributed by atoms with Crippen LogP contribution in [0.15, 0.2) is 24.3 Å². The molecule has 2 fully saturated rings. The number of rotatable bonds is 3. The summed E-state index contributed by atoms with van der Waals surface area (Å²) in [6, 6.07) is 6.39. The van der Waals surface area contributed by atoms with Gasteiger partial charge in [0.05, 0.1) is 5.92 Å². The molecule has 114 valence electrons. The molecule has 1 heterocycles. The molecule has 1 aromatic carbocycles. The fourth-order valence-corrected chi connectivity index (χ4v) is 3.61. The molecule has 1 amide bonds. The lowest BCUT2D eigenvalue weighted by Gasteiger charge is -2.35. The third-order valence-corrected chi connectivity index (χ3v) is 4.70. The summed E-state index contributed by atoms with van der Waals surface area (Å²) in [5.41, 5.74) is 7.23. The lowest BCUT2D eigenvalue weighted by Crippen LogP contribution is -2.49. The minimum atomic E-state index is -0.276. The molecule has 3 unspecified atom stereocenters. The number of nitrogens with zero attached hydrogens (tertiary/aromatic N) is 1. The predicted octanol–water partition coefficient (Wildman–Crippen LogP) is 2.07. The fourth-order valence-electron chi connectivity index (χ4n) is 3.61. The van der Waals surface area contributed by atoms with Gasteiger partial charge in [-0.25, -0.2) is 4.39 Å². The van der Waals surface area contributed by atoms with Crippen LogP contribution in [0.4, 0.5) is 10.1 Å². The van der Waals surface area contributed by atoms with Crippen LogP contribution in [0, 0.1) is 17.7 Å². The zero-order chi connectivity index (χ0) is 14.8. The van der Waals surface area contributed by atoms with Gasteiger partial charge in [0, 0.05) is 24.8 Å². The summed E-state index contributed by atoms with van der Waals surface area (Å²) in [6.07, 6.45) is 3.20. The first-order chi connectivity index (χ1) is 10.2. The third-order valence-electron chi connectivity index (χ3n) is 4.70. The second-order valence-electron chi connectivity index (χ2n) is 5.91. The number of benzene rings is 1. The fraction of sp³-hybridized carbons (Fsp3) is 0.562. The zero-order valence-corrected chi connectivity index (χ0v) is 12.3. The van der Waals surface area contributed by atoms with Crippen LogP contribution in [0.25, 0.3) is 0 Å². The second kappa shape index (κ2) is 6.12. The number of amides is 1. The van der Waals surface area contributed by atoms with E-state index in [-0.39, 0.29) is 23.7 Å². The van der Waals surface area contributed by atoms with Gasteiger partial charge in [-0.1, -0.05) is 6.42 Å². The van der Waals surface area contributed by atoms with Gasteiger partial charge >= 0.3 is 0 Å². The molecule has 21 heavy (non-hydrogen) atoms. The molecule has 2 aliphatic rings. The van der Waals surface area contributed by atoms with Gasteiger partial charge in [0.25, 0.3) is 0 Å². The molecule has 3 rings (SSSR count). The van der Waals surface area contributed by atoms with Crippen molar-refractivity contribution in [2.24, 2.45) is 11.8 Å². The number of carbonyl (C=O) groups excluding carboxylic acids is 1. The third kappa shape index (κ3) is 2.80. The molecule has 4 nitrogen and oxygen atoms in total. The van der Waals surface area contributed by atoms with Crippen LogP contribution in [-0.2, 0) is 4.79 Å². The number of anilines is 1. The first-order valence-corrected chi connectivity index (χ1v) is 7.76. The normalized spacial score (nSPS) is 28.2. The molecular formula is C16H22FN3O. The zero-order valence-electron chi connectivity index (χ0n) is 12.3. The van der Waals surface area contributed by atoms with Crippen molar-refractivity contribution in [2.45, 2.75) is 32.2 Å². The van der Waals surface area contributed by atoms with E-state index in [1.54, 1.807) is 17.0 Å². The monoisotopic (exact) mass is 291 g/mol. The van der Waals surface area contributed by atoms with Crippen molar-refractivity contribution in [2.75, 3.05) is 18.0 Å². The van der Waals surface area contributed by atoms with Crippen LogP contribution in [0.3, 0.4) is 0 Å². The Bertz CT molecular complexity index is 505. The SMILES string of the molecule is CCN(C(=O)C1CCCC2CNNC21)c1ccc(F)cc1. The van der Waals surface area contributed by atoms with Gasteiger partial charge in [-0.3, -0.25) is 15.6 Å². The highest BCUT2D eigenvalue weighted by Crippen LogP contribution is 2.33. The standard InChI is InChI=1S/C16H22FN3O/c1-2-20(13-8-6-12(17)7-9-13)16(21)14-5-3-4-11-10-18-19-15(11)14/h6-9,11,14-15,18-19H,2-5,10H2,1H3. The highest BCUT2D eigenvalue weighted by Gasteiger charge is 2.41. The van der Waals surface area contributed by atoms with Crippen molar-refractivity contribution in [3.05, 3.63) is 30.1 Å². The first-order valence-electron chi connectivity index (χ1n) is 7.76. The Kier molecular flexibility index (Phi) is 4.22. The number of hydrogen-bond acceptors (Lipinski definition) is 3. The number of fused-ring (bicyclic) bond motifs is 1. The molecule has 2 N–H and O–H groups in total. The number of carbonyl (C=O) groups is 1. The predicted molar refractivity (Wildman–Crippen MR) is 80.2 cm³/mol. The van der Waals surface area contributed by atoms with E-state index in [2.05, 4.69) is 10.9 Å². The minimum Gasteiger partial charge on any atom is -0.312 e. The van der Waals surface area contributed by atoms with Gasteiger partial charge < -0.3 is 4.90 Å². The summed E-state index contributed by atoms with van der Waals surface area (Å²) in [5.74, 6) is 0.417. The van der Waals surface area contributed by atoms with Crippen molar-refractivity contribution in [1.82, 2.24) is 10.9 Å². The van der Waals surface area contributed by atoms with Crippen LogP contribution in [-0.4, -0.2) is 25.0 Å². The minimum absolute atomic E-state index is 0.00348. The number of hydrogen-bond donors (Lipinski definition) is 2. The molecule has 3 atom stereocenters. The van der Waals surface area contributed by atoms with E-state index in [0.717, 1.165) is 25.1 Å². The topological polar surface area (TPSA) is 44.4 Å². The van der Waals surface area contributed by atoms with Crippen LogP contribution >= 0.6 is 0 Å². The van der Waals surface area contributed by atoms with Gasteiger partial charge in [-0.2, -0.15) is 0 Å². The van der Waals surface area contributed by atoms with Gasteiger partial charge in [-0.05, 0) is 49.9 Å². The van der Waals surface area contributed by atoms with E-state index < -0.39 is 0 Å². The van der Waals surface area contributed by atoms with Crippen molar-refractivity contribution < 1.29 is 9.18 Å². The number of hydrazine groups is 1. The van der Waals surface area contributed by atoms with Crippen molar-refractivity contribution >= 4 is 11.6 Å². The lowest BCUT2D eigenvalue weighted by molar-refractivity contribution is -0.124. The first kappa shape index (κ1) is 14.5.